The van der Waals surface area contributed by atoms with Gasteiger partial charge in [-0.25, -0.2) is 0 Å². The molecule has 0 amide bonds. The molecule has 0 saturated heterocycles. The molecule has 20 heavy (non-hydrogen) atoms. The molecule has 0 heterocycles. The van der Waals surface area contributed by atoms with E-state index in [9.17, 15) is 4.21 Å². The quantitative estimate of drug-likeness (QED) is 0.913. The van der Waals surface area contributed by atoms with Gasteiger partial charge in [0.2, 0.25) is 0 Å². The number of nitrogens with one attached hydrogen (secondary N) is 1. The highest BCUT2D eigenvalue weighted by atomic mass is 32.2. The molecule has 2 nitrogen and oxygen atoms in total. The van der Waals surface area contributed by atoms with Crippen LogP contribution in [0.5, 0.6) is 0 Å². The van der Waals surface area contributed by atoms with Crippen molar-refractivity contribution < 1.29 is 4.21 Å². The normalized spacial score (nSPS) is 13.9. The number of benzene rings is 2. The first-order valence-corrected chi connectivity index (χ1v) is 8.11. The first-order chi connectivity index (χ1) is 9.60. The molecule has 0 fully saturated rings. The van der Waals surface area contributed by atoms with Crippen LogP contribution in [0.1, 0.15) is 22.7 Å². The van der Waals surface area contributed by atoms with Crippen LogP contribution in [0.3, 0.4) is 0 Å². The van der Waals surface area contributed by atoms with E-state index in [0.29, 0.717) is 5.75 Å². The van der Waals surface area contributed by atoms with E-state index in [1.54, 1.807) is 0 Å². The van der Waals surface area contributed by atoms with Crippen molar-refractivity contribution in [2.75, 3.05) is 12.8 Å². The van der Waals surface area contributed by atoms with Crippen LogP contribution >= 0.6 is 0 Å². The monoisotopic (exact) mass is 287 g/mol. The van der Waals surface area contributed by atoms with Gasteiger partial charge in [-0.2, -0.15) is 0 Å². The molecule has 0 aliphatic rings. The summed E-state index contributed by atoms with van der Waals surface area (Å²) in [6.45, 7) is 4.11. The second kappa shape index (κ2) is 6.82. The fourth-order valence-corrected chi connectivity index (χ4v) is 3.38. The van der Waals surface area contributed by atoms with Crippen molar-refractivity contribution in [1.29, 1.82) is 0 Å². The Balaban J connectivity index is 2.11. The number of rotatable bonds is 5. The lowest BCUT2D eigenvalue weighted by Crippen LogP contribution is -2.22. The van der Waals surface area contributed by atoms with Gasteiger partial charge in [-0.1, -0.05) is 47.5 Å². The highest BCUT2D eigenvalue weighted by Gasteiger charge is 2.14. The Kier molecular flexibility index (Phi) is 5.10. The zero-order valence-corrected chi connectivity index (χ0v) is 13.0. The van der Waals surface area contributed by atoms with Crippen LogP contribution in [0, 0.1) is 13.8 Å². The molecule has 0 aromatic heterocycles. The molecule has 0 bridgehead atoms. The number of hydrogen-bond donors (Lipinski definition) is 1. The van der Waals surface area contributed by atoms with Gasteiger partial charge in [0.1, 0.15) is 0 Å². The van der Waals surface area contributed by atoms with Crippen LogP contribution in [0.2, 0.25) is 0 Å². The van der Waals surface area contributed by atoms with Crippen LogP contribution < -0.4 is 5.32 Å². The van der Waals surface area contributed by atoms with E-state index in [0.717, 1.165) is 4.90 Å². The summed E-state index contributed by atoms with van der Waals surface area (Å²) in [6.07, 6.45) is 0. The Morgan fingerprint density at radius 3 is 1.95 bits per heavy atom. The lowest BCUT2D eigenvalue weighted by molar-refractivity contribution is 0.635. The SMILES string of the molecule is CNC(CS(=O)c1ccc(C)cc1)c1ccc(C)cc1. The topological polar surface area (TPSA) is 29.1 Å². The van der Waals surface area contributed by atoms with E-state index in [-0.39, 0.29) is 6.04 Å². The summed E-state index contributed by atoms with van der Waals surface area (Å²) in [5.74, 6) is 0.586. The first-order valence-electron chi connectivity index (χ1n) is 6.79. The molecule has 0 spiro atoms. The van der Waals surface area contributed by atoms with Crippen LogP contribution in [0.4, 0.5) is 0 Å². The maximum atomic E-state index is 12.4. The van der Waals surface area contributed by atoms with Gasteiger partial charge < -0.3 is 5.32 Å². The molecule has 1 N–H and O–H groups in total. The summed E-state index contributed by atoms with van der Waals surface area (Å²) in [4.78, 5) is 0.892. The molecular weight excluding hydrogens is 266 g/mol. The summed E-state index contributed by atoms with van der Waals surface area (Å²) >= 11 is 0. The zero-order chi connectivity index (χ0) is 14.5. The van der Waals surface area contributed by atoms with Crippen molar-refractivity contribution in [1.82, 2.24) is 5.32 Å². The number of hydrogen-bond acceptors (Lipinski definition) is 2. The van der Waals surface area contributed by atoms with Gasteiger partial charge in [0.05, 0.1) is 10.8 Å². The predicted molar refractivity (Wildman–Crippen MR) is 85.4 cm³/mol. The summed E-state index contributed by atoms with van der Waals surface area (Å²) in [7, 11) is 0.924. The van der Waals surface area contributed by atoms with Gasteiger partial charge in [-0.15, -0.1) is 0 Å². The molecule has 0 radical (unpaired) electrons. The van der Waals surface area contributed by atoms with E-state index < -0.39 is 10.8 Å². The maximum absolute atomic E-state index is 12.4. The molecule has 3 heteroatoms. The maximum Gasteiger partial charge on any atom is 0.0548 e. The Labute approximate surface area is 123 Å². The summed E-state index contributed by atoms with van der Waals surface area (Å²) in [5, 5.41) is 3.26. The third-order valence-corrected chi connectivity index (χ3v) is 4.86. The standard InChI is InChI=1S/C17H21NOS/c1-13-4-8-15(9-5-13)17(18-3)12-20(19)16-10-6-14(2)7-11-16/h4-11,17-18H,12H2,1-3H3. The summed E-state index contributed by atoms with van der Waals surface area (Å²) < 4.78 is 12.4. The van der Waals surface area contributed by atoms with Gasteiger partial charge in [-0.3, -0.25) is 4.21 Å². The third-order valence-electron chi connectivity index (χ3n) is 3.43. The van der Waals surface area contributed by atoms with Crippen LogP contribution in [-0.4, -0.2) is 17.0 Å². The predicted octanol–water partition coefficient (Wildman–Crippen LogP) is 3.37. The molecule has 0 aliphatic heterocycles. The van der Waals surface area contributed by atoms with E-state index >= 15 is 0 Å². The lowest BCUT2D eigenvalue weighted by atomic mass is 10.1. The van der Waals surface area contributed by atoms with E-state index in [4.69, 9.17) is 0 Å². The van der Waals surface area contributed by atoms with Crippen LogP contribution in [-0.2, 0) is 10.8 Å². The Morgan fingerprint density at radius 1 is 0.950 bits per heavy atom. The molecule has 106 valence electrons. The minimum atomic E-state index is -0.990. The lowest BCUT2D eigenvalue weighted by Gasteiger charge is -2.16. The van der Waals surface area contributed by atoms with Gasteiger partial charge in [-0.05, 0) is 38.6 Å². The second-order valence-corrected chi connectivity index (χ2v) is 6.57. The zero-order valence-electron chi connectivity index (χ0n) is 12.2. The van der Waals surface area contributed by atoms with Crippen LogP contribution in [0.25, 0.3) is 0 Å². The second-order valence-electron chi connectivity index (χ2n) is 5.08. The highest BCUT2D eigenvalue weighted by Crippen LogP contribution is 2.18. The fraction of sp³-hybridized carbons (Fsp3) is 0.294. The molecule has 2 rings (SSSR count). The van der Waals surface area contributed by atoms with Gasteiger partial charge in [0, 0.05) is 16.7 Å². The van der Waals surface area contributed by atoms with Crippen molar-refractivity contribution in [3.63, 3.8) is 0 Å². The fourth-order valence-electron chi connectivity index (χ4n) is 2.08. The molecule has 2 atom stereocenters. The van der Waals surface area contributed by atoms with Crippen molar-refractivity contribution in [3.05, 3.63) is 65.2 Å². The Hall–Kier alpha value is -1.45. The van der Waals surface area contributed by atoms with Crippen molar-refractivity contribution in [2.45, 2.75) is 24.8 Å². The summed E-state index contributed by atoms with van der Waals surface area (Å²) in [6, 6.07) is 16.4. The largest absolute Gasteiger partial charge is 0.312 e. The van der Waals surface area contributed by atoms with Crippen molar-refractivity contribution in [2.24, 2.45) is 0 Å². The van der Waals surface area contributed by atoms with Crippen molar-refractivity contribution in [3.8, 4) is 0 Å². The molecule has 2 unspecified atom stereocenters. The average Bonchev–Trinajstić information content (AvgIpc) is 2.46. The molecule has 0 saturated carbocycles. The molecule has 2 aromatic carbocycles. The van der Waals surface area contributed by atoms with Crippen LogP contribution in [0.15, 0.2) is 53.4 Å². The van der Waals surface area contributed by atoms with Crippen molar-refractivity contribution >= 4 is 10.8 Å². The highest BCUT2D eigenvalue weighted by molar-refractivity contribution is 7.85. The minimum Gasteiger partial charge on any atom is -0.312 e. The van der Waals surface area contributed by atoms with E-state index in [1.807, 2.05) is 38.2 Å². The van der Waals surface area contributed by atoms with Gasteiger partial charge in [0.25, 0.3) is 0 Å². The van der Waals surface area contributed by atoms with E-state index in [2.05, 4.69) is 36.5 Å². The molecule has 0 aliphatic carbocycles. The molecular formula is C17H21NOS. The Bertz CT molecular complexity index is 575. The smallest absolute Gasteiger partial charge is 0.0548 e. The first kappa shape index (κ1) is 14.9. The average molecular weight is 287 g/mol. The Morgan fingerprint density at radius 2 is 1.45 bits per heavy atom. The minimum absolute atomic E-state index is 0.109. The van der Waals surface area contributed by atoms with Gasteiger partial charge in [0.15, 0.2) is 0 Å². The van der Waals surface area contributed by atoms with E-state index in [1.165, 1.54) is 16.7 Å². The molecule has 2 aromatic rings. The summed E-state index contributed by atoms with van der Waals surface area (Å²) in [5.41, 5.74) is 3.61. The third kappa shape index (κ3) is 3.78. The van der Waals surface area contributed by atoms with Gasteiger partial charge >= 0.3 is 0 Å². The number of aryl methyl sites for hydroxylation is 2.